The van der Waals surface area contributed by atoms with E-state index >= 15 is 0 Å². The van der Waals surface area contributed by atoms with Crippen molar-refractivity contribution in [2.75, 3.05) is 13.2 Å². The molecule has 1 saturated carbocycles. The lowest BCUT2D eigenvalue weighted by molar-refractivity contribution is -0.143. The second-order valence-electron chi connectivity index (χ2n) is 7.79. The number of carboxylic acids is 1. The molecule has 0 aromatic heterocycles. The summed E-state index contributed by atoms with van der Waals surface area (Å²) in [5.74, 6) is -1.31. The predicted molar refractivity (Wildman–Crippen MR) is 110 cm³/mol. The second-order valence-corrected chi connectivity index (χ2v) is 7.79. The predicted octanol–water partition coefficient (Wildman–Crippen LogP) is 3.04. The summed E-state index contributed by atoms with van der Waals surface area (Å²) in [4.78, 5) is 35.0. The third-order valence-electron chi connectivity index (χ3n) is 5.73. The molecule has 0 unspecified atom stereocenters. The first-order chi connectivity index (χ1) is 14.5. The van der Waals surface area contributed by atoms with Crippen molar-refractivity contribution in [2.24, 2.45) is 0 Å². The van der Waals surface area contributed by atoms with Gasteiger partial charge >= 0.3 is 12.1 Å². The van der Waals surface area contributed by atoms with Crippen LogP contribution in [-0.2, 0) is 14.3 Å². The van der Waals surface area contributed by atoms with Gasteiger partial charge in [0.15, 0.2) is 0 Å². The van der Waals surface area contributed by atoms with Gasteiger partial charge < -0.3 is 20.5 Å². The zero-order chi connectivity index (χ0) is 21.1. The van der Waals surface area contributed by atoms with Crippen molar-refractivity contribution in [1.82, 2.24) is 10.6 Å². The first-order valence-electron chi connectivity index (χ1n) is 10.1. The Bertz CT molecular complexity index is 938. The Morgan fingerprint density at radius 2 is 1.60 bits per heavy atom. The molecule has 7 heteroatoms. The number of carboxylic acid groups (broad SMARTS) is 1. The first-order valence-corrected chi connectivity index (χ1v) is 10.1. The minimum Gasteiger partial charge on any atom is -0.480 e. The van der Waals surface area contributed by atoms with Gasteiger partial charge in [-0.25, -0.2) is 9.59 Å². The average molecular weight is 408 g/mol. The Morgan fingerprint density at radius 1 is 1.00 bits per heavy atom. The van der Waals surface area contributed by atoms with E-state index in [2.05, 4.69) is 34.9 Å². The number of hydrogen-bond donors (Lipinski definition) is 3. The maximum atomic E-state index is 12.1. The molecule has 0 radical (unpaired) electrons. The third-order valence-corrected chi connectivity index (χ3v) is 5.73. The molecule has 30 heavy (non-hydrogen) atoms. The van der Waals surface area contributed by atoms with Crippen molar-refractivity contribution in [2.45, 2.75) is 37.1 Å². The van der Waals surface area contributed by atoms with Crippen LogP contribution in [0.3, 0.4) is 0 Å². The topological polar surface area (TPSA) is 105 Å². The van der Waals surface area contributed by atoms with Crippen LogP contribution in [0.25, 0.3) is 11.1 Å². The van der Waals surface area contributed by atoms with Crippen LogP contribution in [0.1, 0.15) is 42.7 Å². The molecular weight excluding hydrogens is 384 g/mol. The molecule has 2 aromatic rings. The number of nitrogens with one attached hydrogen (secondary N) is 2. The van der Waals surface area contributed by atoms with Crippen molar-refractivity contribution in [3.63, 3.8) is 0 Å². The Hall–Kier alpha value is -3.35. The van der Waals surface area contributed by atoms with Crippen LogP contribution in [0.4, 0.5) is 4.79 Å². The van der Waals surface area contributed by atoms with E-state index in [-0.39, 0.29) is 31.4 Å². The highest BCUT2D eigenvalue weighted by atomic mass is 16.5. The molecule has 0 heterocycles. The maximum absolute atomic E-state index is 12.1. The van der Waals surface area contributed by atoms with E-state index in [4.69, 9.17) is 9.84 Å². The van der Waals surface area contributed by atoms with E-state index in [9.17, 15) is 14.4 Å². The first kappa shape index (κ1) is 19.9. The smallest absolute Gasteiger partial charge is 0.407 e. The van der Waals surface area contributed by atoms with E-state index in [0.717, 1.165) is 11.1 Å². The molecule has 2 aliphatic carbocycles. The molecule has 0 aliphatic heterocycles. The number of benzene rings is 2. The molecule has 0 saturated heterocycles. The van der Waals surface area contributed by atoms with Crippen molar-refractivity contribution in [3.05, 3.63) is 59.7 Å². The fraction of sp³-hybridized carbons (Fsp3) is 0.348. The highest BCUT2D eigenvalue weighted by Crippen LogP contribution is 2.44. The Kier molecular flexibility index (Phi) is 5.44. The molecule has 0 atom stereocenters. The van der Waals surface area contributed by atoms with Gasteiger partial charge in [0.2, 0.25) is 5.91 Å². The SMILES string of the molecule is O=C(CCCNC(=O)OCC1c2ccccc2-c2ccccc21)NC1(C(=O)O)CC1. The highest BCUT2D eigenvalue weighted by Gasteiger charge is 2.51. The molecule has 2 aromatic carbocycles. The summed E-state index contributed by atoms with van der Waals surface area (Å²) in [6, 6.07) is 16.3. The summed E-state index contributed by atoms with van der Waals surface area (Å²) < 4.78 is 5.44. The fourth-order valence-corrected chi connectivity index (χ4v) is 3.94. The summed E-state index contributed by atoms with van der Waals surface area (Å²) >= 11 is 0. The number of rotatable bonds is 8. The highest BCUT2D eigenvalue weighted by molar-refractivity contribution is 5.89. The van der Waals surface area contributed by atoms with Crippen LogP contribution in [0.15, 0.2) is 48.5 Å². The van der Waals surface area contributed by atoms with Crippen LogP contribution in [0.5, 0.6) is 0 Å². The number of fused-ring (bicyclic) bond motifs is 3. The lowest BCUT2D eigenvalue weighted by Crippen LogP contribution is -2.43. The van der Waals surface area contributed by atoms with Gasteiger partial charge in [0.1, 0.15) is 12.1 Å². The lowest BCUT2D eigenvalue weighted by atomic mass is 9.98. The lowest BCUT2D eigenvalue weighted by Gasteiger charge is -2.15. The number of carbonyl (C=O) groups excluding carboxylic acids is 2. The molecule has 156 valence electrons. The molecule has 0 bridgehead atoms. The number of amides is 2. The van der Waals surface area contributed by atoms with Gasteiger partial charge in [0.25, 0.3) is 0 Å². The number of carbonyl (C=O) groups is 3. The van der Waals surface area contributed by atoms with E-state index < -0.39 is 17.6 Å². The van der Waals surface area contributed by atoms with Crippen LogP contribution in [0.2, 0.25) is 0 Å². The van der Waals surface area contributed by atoms with E-state index in [1.54, 1.807) is 0 Å². The number of ether oxygens (including phenoxy) is 1. The zero-order valence-corrected chi connectivity index (χ0v) is 16.5. The van der Waals surface area contributed by atoms with Gasteiger partial charge in [-0.15, -0.1) is 0 Å². The van der Waals surface area contributed by atoms with Crippen LogP contribution < -0.4 is 10.6 Å². The number of aliphatic carboxylic acids is 1. The van der Waals surface area contributed by atoms with Gasteiger partial charge in [-0.1, -0.05) is 48.5 Å². The van der Waals surface area contributed by atoms with E-state index in [1.807, 2.05) is 24.3 Å². The van der Waals surface area contributed by atoms with Crippen molar-refractivity contribution in [1.29, 1.82) is 0 Å². The minimum absolute atomic E-state index is 0.000298. The van der Waals surface area contributed by atoms with Gasteiger partial charge in [-0.05, 0) is 41.5 Å². The fourth-order valence-electron chi connectivity index (χ4n) is 3.94. The molecule has 0 spiro atoms. The van der Waals surface area contributed by atoms with Gasteiger partial charge in [-0.2, -0.15) is 0 Å². The summed E-state index contributed by atoms with van der Waals surface area (Å²) in [7, 11) is 0. The monoisotopic (exact) mass is 408 g/mol. The van der Waals surface area contributed by atoms with Crippen LogP contribution in [-0.4, -0.2) is 41.8 Å². The Balaban J connectivity index is 1.22. The second kappa shape index (κ2) is 8.18. The largest absolute Gasteiger partial charge is 0.480 e. The molecule has 3 N–H and O–H groups in total. The Morgan fingerprint density at radius 3 is 2.17 bits per heavy atom. The van der Waals surface area contributed by atoms with Crippen molar-refractivity contribution < 1.29 is 24.2 Å². The molecule has 2 amide bonds. The normalized spacial score (nSPS) is 15.6. The van der Waals surface area contributed by atoms with Crippen LogP contribution in [0, 0.1) is 0 Å². The summed E-state index contributed by atoms with van der Waals surface area (Å²) in [5.41, 5.74) is 3.56. The number of hydrogen-bond acceptors (Lipinski definition) is 4. The average Bonchev–Trinajstić information content (AvgIpc) is 3.46. The third kappa shape index (κ3) is 4.01. The Labute approximate surface area is 174 Å². The van der Waals surface area contributed by atoms with Gasteiger partial charge in [0, 0.05) is 18.9 Å². The molecule has 2 aliphatic rings. The van der Waals surface area contributed by atoms with Gasteiger partial charge in [-0.3, -0.25) is 4.79 Å². The quantitative estimate of drug-likeness (QED) is 0.583. The minimum atomic E-state index is -1.07. The van der Waals surface area contributed by atoms with Crippen molar-refractivity contribution in [3.8, 4) is 11.1 Å². The molecular formula is C23H24N2O5. The molecule has 4 rings (SSSR count). The van der Waals surface area contributed by atoms with E-state index in [0.29, 0.717) is 19.3 Å². The maximum Gasteiger partial charge on any atom is 0.407 e. The molecule has 1 fully saturated rings. The summed E-state index contributed by atoms with van der Waals surface area (Å²) in [6.45, 7) is 0.519. The van der Waals surface area contributed by atoms with E-state index in [1.165, 1.54) is 11.1 Å². The standard InChI is InChI=1S/C23H24N2O5/c26-20(25-23(11-12-23)21(27)28)10-5-13-24-22(29)30-14-19-17-8-3-1-6-15(17)16-7-2-4-9-18(16)19/h1-4,6-9,19H,5,10-14H2,(H,24,29)(H,25,26)(H,27,28). The summed E-state index contributed by atoms with van der Waals surface area (Å²) in [6.07, 6.45) is 0.962. The van der Waals surface area contributed by atoms with Crippen molar-refractivity contribution >= 4 is 18.0 Å². The molecule has 7 nitrogen and oxygen atoms in total. The van der Waals surface area contributed by atoms with Gasteiger partial charge in [0.05, 0.1) is 0 Å². The van der Waals surface area contributed by atoms with Crippen LogP contribution >= 0.6 is 0 Å². The number of alkyl carbamates (subject to hydrolysis) is 1. The zero-order valence-electron chi connectivity index (χ0n) is 16.5. The summed E-state index contributed by atoms with van der Waals surface area (Å²) in [5, 5.41) is 14.3.